The van der Waals surface area contributed by atoms with E-state index < -0.39 is 5.97 Å². The van der Waals surface area contributed by atoms with Crippen LogP contribution in [-0.4, -0.2) is 29.6 Å². The molecule has 0 spiro atoms. The number of nitrogens with one attached hydrogen (secondary N) is 3. The molecule has 0 saturated heterocycles. The van der Waals surface area contributed by atoms with E-state index in [9.17, 15) is 9.90 Å². The highest BCUT2D eigenvalue weighted by molar-refractivity contribution is 6.41. The van der Waals surface area contributed by atoms with Crippen LogP contribution in [0.1, 0.15) is 23.6 Å². The zero-order valence-electron chi connectivity index (χ0n) is 17.3. The highest BCUT2D eigenvalue weighted by Gasteiger charge is 2.22. The van der Waals surface area contributed by atoms with Gasteiger partial charge in [-0.25, -0.2) is 9.79 Å². The molecule has 1 aliphatic rings. The fraction of sp³-hybridized carbons (Fsp3) is 0.174. The highest BCUT2D eigenvalue weighted by atomic mass is 16.5. The maximum absolute atomic E-state index is 11.7. The van der Waals surface area contributed by atoms with Crippen molar-refractivity contribution < 1.29 is 14.6 Å². The van der Waals surface area contributed by atoms with Crippen LogP contribution in [0.5, 0.6) is 5.75 Å². The summed E-state index contributed by atoms with van der Waals surface area (Å²) in [6, 6.07) is 13.1. The number of ether oxygens (including phenoxy) is 1. The molecule has 2 aromatic carbocycles. The Morgan fingerprint density at radius 2 is 1.77 bits per heavy atom. The second-order valence-electron chi connectivity index (χ2n) is 6.95. The lowest BCUT2D eigenvalue weighted by Crippen LogP contribution is -2.29. The summed E-state index contributed by atoms with van der Waals surface area (Å²) in [7, 11) is 1.59. The molecule has 7 nitrogen and oxygen atoms in total. The number of allylic oxidation sites excluding steroid dienone is 1. The first-order valence-corrected chi connectivity index (χ1v) is 9.38. The number of methoxy groups -OCH3 is 1. The van der Waals surface area contributed by atoms with E-state index >= 15 is 0 Å². The Morgan fingerprint density at radius 3 is 2.30 bits per heavy atom. The number of anilines is 1. The van der Waals surface area contributed by atoms with Crippen molar-refractivity contribution in [1.82, 2.24) is 5.32 Å². The first kappa shape index (κ1) is 20.9. The van der Waals surface area contributed by atoms with Crippen molar-refractivity contribution in [3.8, 4) is 5.75 Å². The van der Waals surface area contributed by atoms with E-state index in [0.29, 0.717) is 17.2 Å². The molecule has 30 heavy (non-hydrogen) atoms. The normalized spacial score (nSPS) is 14.8. The monoisotopic (exact) mass is 404 g/mol. The fourth-order valence-electron chi connectivity index (χ4n) is 3.30. The molecule has 4 N–H and O–H groups in total. The quantitative estimate of drug-likeness (QED) is 0.542. The minimum absolute atomic E-state index is 0.121. The van der Waals surface area contributed by atoms with Crippen LogP contribution >= 0.6 is 0 Å². The third kappa shape index (κ3) is 4.41. The highest BCUT2D eigenvalue weighted by Crippen LogP contribution is 2.28. The van der Waals surface area contributed by atoms with Crippen molar-refractivity contribution in [1.29, 1.82) is 5.41 Å². The Balaban J connectivity index is 2.08. The van der Waals surface area contributed by atoms with E-state index in [1.165, 1.54) is 6.08 Å². The third-order valence-corrected chi connectivity index (χ3v) is 4.70. The summed E-state index contributed by atoms with van der Waals surface area (Å²) in [6.07, 6.45) is 1.43. The average Bonchev–Trinajstić information content (AvgIpc) is 2.70. The Labute approximate surface area is 175 Å². The van der Waals surface area contributed by atoms with Gasteiger partial charge >= 0.3 is 5.97 Å². The summed E-state index contributed by atoms with van der Waals surface area (Å²) in [5.41, 5.74) is 4.31. The molecule has 0 bridgehead atoms. The number of aliphatic carboxylic acids is 1. The summed E-state index contributed by atoms with van der Waals surface area (Å²) in [4.78, 5) is 16.0. The van der Waals surface area contributed by atoms with Crippen LogP contribution < -0.4 is 15.4 Å². The summed E-state index contributed by atoms with van der Waals surface area (Å²) in [5.74, 6) is 0.339. The van der Waals surface area contributed by atoms with E-state index in [4.69, 9.17) is 10.1 Å². The van der Waals surface area contributed by atoms with Crippen molar-refractivity contribution in [3.05, 3.63) is 76.9 Å². The van der Waals surface area contributed by atoms with E-state index in [2.05, 4.69) is 15.6 Å². The van der Waals surface area contributed by atoms with Gasteiger partial charge in [0.2, 0.25) is 0 Å². The zero-order valence-corrected chi connectivity index (χ0v) is 17.3. The van der Waals surface area contributed by atoms with Gasteiger partial charge in [-0.1, -0.05) is 18.2 Å². The number of carboxylic acid groups (broad SMARTS) is 1. The number of carbonyl (C=O) groups is 1. The zero-order chi connectivity index (χ0) is 21.8. The minimum Gasteiger partial charge on any atom is -0.497 e. The standard InChI is InChI=1S/C23H24N4O3/c1-13-6-5-7-14(2)20(13)21(15(3)24)22-26-18(23(28)29)12-19(27-22)25-16-8-10-17(30-4)11-9-16/h5-12,24-25,27H,1-4H3,(H,28,29)/b22-21+,24-15?. The number of hydrogen-bond donors (Lipinski definition) is 4. The first-order chi connectivity index (χ1) is 14.3. The molecule has 0 atom stereocenters. The van der Waals surface area contributed by atoms with Crippen molar-refractivity contribution in [2.45, 2.75) is 20.8 Å². The molecular weight excluding hydrogens is 380 g/mol. The van der Waals surface area contributed by atoms with E-state index in [1.54, 1.807) is 26.2 Å². The molecule has 154 valence electrons. The predicted molar refractivity (Wildman–Crippen MR) is 119 cm³/mol. The number of nitrogens with zero attached hydrogens (tertiary/aromatic N) is 1. The molecule has 0 amide bonds. The molecule has 3 rings (SSSR count). The van der Waals surface area contributed by atoms with Gasteiger partial charge in [-0.15, -0.1) is 0 Å². The molecule has 0 aliphatic carbocycles. The topological polar surface area (TPSA) is 107 Å². The van der Waals surface area contributed by atoms with Crippen LogP contribution in [0.3, 0.4) is 0 Å². The maximum atomic E-state index is 11.7. The largest absolute Gasteiger partial charge is 0.497 e. The van der Waals surface area contributed by atoms with Crippen LogP contribution in [0.4, 0.5) is 5.69 Å². The number of aryl methyl sites for hydroxylation is 2. The second kappa shape index (κ2) is 8.65. The SMILES string of the molecule is COc1ccc(NC2=CC(C(=O)O)=N/C(=C(/C(C)=N)c3c(C)cccc3C)N2)cc1. The van der Waals surface area contributed by atoms with E-state index in [0.717, 1.165) is 28.1 Å². The van der Waals surface area contributed by atoms with Gasteiger partial charge < -0.3 is 25.9 Å². The molecular formula is C23H24N4O3. The summed E-state index contributed by atoms with van der Waals surface area (Å²) in [6.45, 7) is 5.59. The smallest absolute Gasteiger partial charge is 0.354 e. The van der Waals surface area contributed by atoms with Crippen molar-refractivity contribution in [2.24, 2.45) is 4.99 Å². The minimum atomic E-state index is -1.15. The van der Waals surface area contributed by atoms with Gasteiger partial charge in [0, 0.05) is 23.0 Å². The van der Waals surface area contributed by atoms with Gasteiger partial charge in [-0.2, -0.15) is 0 Å². The van der Waals surface area contributed by atoms with Crippen molar-refractivity contribution in [2.75, 3.05) is 12.4 Å². The lowest BCUT2D eigenvalue weighted by molar-refractivity contribution is -0.129. The molecule has 0 aromatic heterocycles. The average molecular weight is 404 g/mol. The Bertz CT molecular complexity index is 1080. The molecule has 7 heteroatoms. The van der Waals surface area contributed by atoms with E-state index in [1.807, 2.05) is 44.2 Å². The molecule has 2 aromatic rings. The van der Waals surface area contributed by atoms with Crippen LogP contribution in [0.25, 0.3) is 5.57 Å². The van der Waals surface area contributed by atoms with Crippen LogP contribution in [0.15, 0.2) is 65.2 Å². The summed E-state index contributed by atoms with van der Waals surface area (Å²) < 4.78 is 5.17. The van der Waals surface area contributed by atoms with Gasteiger partial charge in [-0.05, 0) is 61.7 Å². The van der Waals surface area contributed by atoms with Gasteiger partial charge in [0.1, 0.15) is 17.4 Å². The molecule has 1 aliphatic heterocycles. The molecule has 0 unspecified atom stereocenters. The third-order valence-electron chi connectivity index (χ3n) is 4.70. The molecule has 1 heterocycles. The Morgan fingerprint density at radius 1 is 1.13 bits per heavy atom. The van der Waals surface area contributed by atoms with Crippen molar-refractivity contribution >= 4 is 28.7 Å². The number of benzene rings is 2. The van der Waals surface area contributed by atoms with Gasteiger partial charge in [0.15, 0.2) is 5.71 Å². The van der Waals surface area contributed by atoms with Crippen molar-refractivity contribution in [3.63, 3.8) is 0 Å². The fourth-order valence-corrected chi connectivity index (χ4v) is 3.30. The molecule has 0 saturated carbocycles. The first-order valence-electron chi connectivity index (χ1n) is 9.38. The van der Waals surface area contributed by atoms with Gasteiger partial charge in [-0.3, -0.25) is 0 Å². The summed E-state index contributed by atoms with van der Waals surface area (Å²) in [5, 5.41) is 24.3. The van der Waals surface area contributed by atoms with Gasteiger partial charge in [0.05, 0.1) is 7.11 Å². The summed E-state index contributed by atoms with van der Waals surface area (Å²) >= 11 is 0. The van der Waals surface area contributed by atoms with Crippen LogP contribution in [0, 0.1) is 19.3 Å². The molecule has 0 fully saturated rings. The lowest BCUT2D eigenvalue weighted by Gasteiger charge is -2.22. The van der Waals surface area contributed by atoms with Gasteiger partial charge in [0.25, 0.3) is 0 Å². The number of rotatable bonds is 6. The second-order valence-corrected chi connectivity index (χ2v) is 6.95. The predicted octanol–water partition coefficient (Wildman–Crippen LogP) is 4.10. The number of carboxylic acids is 1. The van der Waals surface area contributed by atoms with Crippen LogP contribution in [-0.2, 0) is 4.79 Å². The number of aliphatic imine (C=N–C) groups is 1. The maximum Gasteiger partial charge on any atom is 0.354 e. The Hall–Kier alpha value is -3.87. The number of hydrogen-bond acceptors (Lipinski definition) is 6. The van der Waals surface area contributed by atoms with E-state index in [-0.39, 0.29) is 11.4 Å². The van der Waals surface area contributed by atoms with Crippen LogP contribution in [0.2, 0.25) is 0 Å². The lowest BCUT2D eigenvalue weighted by atomic mass is 9.92. The molecule has 0 radical (unpaired) electrons. The Kier molecular flexibility index (Phi) is 6.01.